The molecule has 33 heavy (non-hydrogen) atoms. The van der Waals surface area contributed by atoms with Gasteiger partial charge in [0.25, 0.3) is 0 Å². The summed E-state index contributed by atoms with van der Waals surface area (Å²) in [6, 6.07) is 29.7. The zero-order valence-electron chi connectivity index (χ0n) is 18.2. The summed E-state index contributed by atoms with van der Waals surface area (Å²) in [6.07, 6.45) is 1.66. The van der Waals surface area contributed by atoms with E-state index in [1.165, 1.54) is 30.6 Å². The van der Waals surface area contributed by atoms with Crippen molar-refractivity contribution in [1.29, 1.82) is 10.5 Å². The molecule has 0 fully saturated rings. The van der Waals surface area contributed by atoms with Crippen LogP contribution in [0.25, 0.3) is 25.6 Å². The van der Waals surface area contributed by atoms with Crippen LogP contribution in [0.3, 0.4) is 0 Å². The van der Waals surface area contributed by atoms with Crippen molar-refractivity contribution in [3.8, 4) is 12.1 Å². The first-order valence-corrected chi connectivity index (χ1v) is 12.1. The Morgan fingerprint density at radius 2 is 1.30 bits per heavy atom. The minimum Gasteiger partial charge on any atom is -0.310 e. The molecule has 0 aliphatic rings. The molecule has 0 N–H and O–H groups in total. The minimum absolute atomic E-state index is 0.127. The SMILES string of the molecule is Cc1ccc(N(c2ccc(C)cc2)c2ccc3c(c2)sc2cc(C=C(C#N)C#N)sc23)cc1. The predicted octanol–water partition coefficient (Wildman–Crippen LogP) is 8.63. The van der Waals surface area contributed by atoms with Crippen LogP contribution in [0, 0.1) is 36.5 Å². The highest BCUT2D eigenvalue weighted by Gasteiger charge is 2.15. The Kier molecular flexibility index (Phi) is 5.44. The maximum absolute atomic E-state index is 9.05. The van der Waals surface area contributed by atoms with E-state index < -0.39 is 0 Å². The Hall–Kier alpha value is -3.90. The van der Waals surface area contributed by atoms with Gasteiger partial charge < -0.3 is 4.90 Å². The lowest BCUT2D eigenvalue weighted by Crippen LogP contribution is -2.09. The summed E-state index contributed by atoms with van der Waals surface area (Å²) in [4.78, 5) is 3.22. The van der Waals surface area contributed by atoms with Gasteiger partial charge in [-0.2, -0.15) is 10.5 Å². The van der Waals surface area contributed by atoms with Crippen LogP contribution in [-0.2, 0) is 0 Å². The van der Waals surface area contributed by atoms with E-state index >= 15 is 0 Å². The van der Waals surface area contributed by atoms with E-state index in [2.05, 4.69) is 91.5 Å². The van der Waals surface area contributed by atoms with Gasteiger partial charge in [-0.3, -0.25) is 0 Å². The summed E-state index contributed by atoms with van der Waals surface area (Å²) < 4.78 is 3.58. The number of allylic oxidation sites excluding steroid dienone is 1. The van der Waals surface area contributed by atoms with Gasteiger partial charge in [-0.25, -0.2) is 0 Å². The van der Waals surface area contributed by atoms with Crippen LogP contribution in [0.4, 0.5) is 17.1 Å². The van der Waals surface area contributed by atoms with Crippen LogP contribution in [0.5, 0.6) is 0 Å². The number of benzene rings is 3. The Morgan fingerprint density at radius 1 is 0.727 bits per heavy atom. The van der Waals surface area contributed by atoms with Crippen molar-refractivity contribution in [2.24, 2.45) is 0 Å². The lowest BCUT2D eigenvalue weighted by molar-refractivity contribution is 1.27. The molecule has 0 aliphatic carbocycles. The van der Waals surface area contributed by atoms with Crippen LogP contribution in [-0.4, -0.2) is 0 Å². The molecule has 0 unspecified atom stereocenters. The topological polar surface area (TPSA) is 50.8 Å². The first kappa shape index (κ1) is 21.0. The average Bonchev–Trinajstić information content (AvgIpc) is 3.37. The molecule has 0 saturated heterocycles. The molecule has 0 radical (unpaired) electrons. The molecule has 3 aromatic carbocycles. The smallest absolute Gasteiger partial charge is 0.131 e. The molecule has 0 amide bonds. The standard InChI is InChI=1S/C28H19N3S2/c1-18-3-7-21(8-4-18)31(22-9-5-19(2)6-10-22)23-11-12-25-26(14-23)33-27-15-24(32-28(25)27)13-20(16-29)17-30/h3-15H,1-2H3. The van der Waals surface area contributed by atoms with Crippen molar-refractivity contribution in [2.45, 2.75) is 13.8 Å². The lowest BCUT2D eigenvalue weighted by Gasteiger charge is -2.25. The Labute approximate surface area is 200 Å². The molecule has 0 saturated carbocycles. The highest BCUT2D eigenvalue weighted by molar-refractivity contribution is 7.33. The fourth-order valence-corrected chi connectivity index (χ4v) is 6.35. The average molecular weight is 462 g/mol. The molecule has 2 heterocycles. The molecule has 0 bridgehead atoms. The van der Waals surface area contributed by atoms with Gasteiger partial charge in [0.2, 0.25) is 0 Å². The Balaban J connectivity index is 1.62. The van der Waals surface area contributed by atoms with E-state index in [-0.39, 0.29) is 5.57 Å². The van der Waals surface area contributed by atoms with Crippen molar-refractivity contribution in [3.05, 3.63) is 94.4 Å². The first-order valence-electron chi connectivity index (χ1n) is 10.5. The summed E-state index contributed by atoms with van der Waals surface area (Å²) in [6.45, 7) is 4.20. The number of hydrogen-bond donors (Lipinski definition) is 0. The summed E-state index contributed by atoms with van der Waals surface area (Å²) in [5.74, 6) is 0. The second-order valence-corrected chi connectivity index (χ2v) is 10.1. The molecule has 5 aromatic rings. The van der Waals surface area contributed by atoms with Crippen molar-refractivity contribution in [2.75, 3.05) is 4.90 Å². The highest BCUT2D eigenvalue weighted by atomic mass is 32.1. The number of aryl methyl sites for hydroxylation is 2. The number of fused-ring (bicyclic) bond motifs is 3. The molecule has 5 heteroatoms. The van der Waals surface area contributed by atoms with Crippen LogP contribution in [0.1, 0.15) is 16.0 Å². The number of hydrogen-bond acceptors (Lipinski definition) is 5. The van der Waals surface area contributed by atoms with Crippen molar-refractivity contribution < 1.29 is 0 Å². The van der Waals surface area contributed by atoms with Gasteiger partial charge >= 0.3 is 0 Å². The van der Waals surface area contributed by atoms with E-state index in [4.69, 9.17) is 10.5 Å². The van der Waals surface area contributed by atoms with Crippen LogP contribution in [0.15, 0.2) is 78.4 Å². The molecule has 2 aromatic heterocycles. The van der Waals surface area contributed by atoms with E-state index in [1.807, 2.05) is 12.1 Å². The second kappa shape index (κ2) is 8.56. The Morgan fingerprint density at radius 3 is 1.88 bits per heavy atom. The van der Waals surface area contributed by atoms with Crippen molar-refractivity contribution in [3.63, 3.8) is 0 Å². The van der Waals surface area contributed by atoms with Crippen LogP contribution in [0.2, 0.25) is 0 Å². The van der Waals surface area contributed by atoms with Gasteiger partial charge in [-0.1, -0.05) is 41.5 Å². The lowest BCUT2D eigenvalue weighted by atomic mass is 10.1. The van der Waals surface area contributed by atoms with Crippen molar-refractivity contribution >= 4 is 65.3 Å². The fraction of sp³-hybridized carbons (Fsp3) is 0.0714. The Bertz CT molecular complexity index is 1530. The molecular weight excluding hydrogens is 442 g/mol. The highest BCUT2D eigenvalue weighted by Crippen LogP contribution is 2.43. The number of nitriles is 2. The quantitative estimate of drug-likeness (QED) is 0.252. The van der Waals surface area contributed by atoms with Gasteiger partial charge in [-0.15, -0.1) is 22.7 Å². The van der Waals surface area contributed by atoms with E-state index in [0.29, 0.717) is 0 Å². The van der Waals surface area contributed by atoms with E-state index in [9.17, 15) is 0 Å². The van der Waals surface area contributed by atoms with Gasteiger partial charge in [0.15, 0.2) is 0 Å². The van der Waals surface area contributed by atoms with Gasteiger partial charge in [-0.05, 0) is 62.4 Å². The van der Waals surface area contributed by atoms with Crippen molar-refractivity contribution in [1.82, 2.24) is 0 Å². The number of nitrogens with zero attached hydrogens (tertiary/aromatic N) is 3. The van der Waals surface area contributed by atoms with Gasteiger partial charge in [0.1, 0.15) is 17.7 Å². The maximum atomic E-state index is 9.05. The van der Waals surface area contributed by atoms with E-state index in [0.717, 1.165) is 21.9 Å². The molecule has 3 nitrogen and oxygen atoms in total. The predicted molar refractivity (Wildman–Crippen MR) is 141 cm³/mol. The zero-order valence-corrected chi connectivity index (χ0v) is 19.8. The number of thiophene rings is 2. The normalized spacial score (nSPS) is 10.7. The van der Waals surface area contributed by atoms with Gasteiger partial charge in [0, 0.05) is 36.7 Å². The largest absolute Gasteiger partial charge is 0.310 e. The summed E-state index contributed by atoms with van der Waals surface area (Å²) in [5, 5.41) is 19.3. The van der Waals surface area contributed by atoms with Gasteiger partial charge in [0.05, 0.1) is 4.70 Å². The van der Waals surface area contributed by atoms with Crippen LogP contribution >= 0.6 is 22.7 Å². The fourth-order valence-electron chi connectivity index (χ4n) is 3.83. The molecule has 5 rings (SSSR count). The first-order chi connectivity index (χ1) is 16.1. The zero-order chi connectivity index (χ0) is 22.9. The minimum atomic E-state index is 0.127. The van der Waals surface area contributed by atoms with E-state index in [1.54, 1.807) is 28.7 Å². The van der Waals surface area contributed by atoms with Crippen LogP contribution < -0.4 is 4.90 Å². The number of anilines is 3. The summed E-state index contributed by atoms with van der Waals surface area (Å²) >= 11 is 3.36. The molecule has 0 atom stereocenters. The second-order valence-electron chi connectivity index (χ2n) is 7.91. The maximum Gasteiger partial charge on any atom is 0.131 e. The summed E-state index contributed by atoms with van der Waals surface area (Å²) in [7, 11) is 0. The monoisotopic (exact) mass is 461 g/mol. The number of rotatable bonds is 4. The summed E-state index contributed by atoms with van der Waals surface area (Å²) in [5.41, 5.74) is 5.95. The third-order valence-corrected chi connectivity index (χ3v) is 7.86. The molecule has 158 valence electrons. The molecule has 0 aliphatic heterocycles. The third kappa shape index (κ3) is 4.01. The third-order valence-electron chi connectivity index (χ3n) is 5.52. The molecule has 0 spiro atoms. The molecular formula is C28H19N3S2.